The van der Waals surface area contributed by atoms with Crippen molar-refractivity contribution in [2.45, 2.75) is 40.5 Å². The van der Waals surface area contributed by atoms with Crippen molar-refractivity contribution in [3.8, 4) is 11.2 Å². The van der Waals surface area contributed by atoms with Crippen molar-refractivity contribution in [1.29, 1.82) is 5.26 Å². The van der Waals surface area contributed by atoms with Gasteiger partial charge >= 0.3 is 5.97 Å². The van der Waals surface area contributed by atoms with Crippen LogP contribution in [0.15, 0.2) is 46.8 Å². The molecule has 1 unspecified atom stereocenters. The molecular weight excluding hydrogens is 643 g/mol. The van der Waals surface area contributed by atoms with Crippen molar-refractivity contribution in [2.75, 3.05) is 50.4 Å². The van der Waals surface area contributed by atoms with Crippen LogP contribution in [0.4, 0.5) is 34.8 Å². The number of nitrogens with zero attached hydrogens (tertiary/aromatic N) is 8. The number of hydrogen-bond donors (Lipinski definition) is 3. The van der Waals surface area contributed by atoms with Crippen LogP contribution in [0.1, 0.15) is 41.2 Å². The SMILES string of the molecule is CNc1nc(NCCCOC)c(N=Nc2nn(-c3nc4ccc(CC(C)C(=O)OC)cc4s3)cc2C#N)c(Nc2c(C)cc(C)cc2C)n1. The van der Waals surface area contributed by atoms with Crippen LogP contribution in [0.2, 0.25) is 0 Å². The molecule has 0 bridgehead atoms. The molecule has 3 N–H and O–H groups in total. The molecule has 5 rings (SSSR count). The van der Waals surface area contributed by atoms with E-state index < -0.39 is 0 Å². The molecule has 1 atom stereocenters. The van der Waals surface area contributed by atoms with Crippen molar-refractivity contribution in [3.05, 3.63) is 64.3 Å². The number of azo groups is 1. The van der Waals surface area contributed by atoms with Gasteiger partial charge in [-0.1, -0.05) is 42.0 Å². The summed E-state index contributed by atoms with van der Waals surface area (Å²) in [6.07, 6.45) is 2.86. The number of nitriles is 1. The number of methoxy groups -OCH3 is 2. The Hall–Kier alpha value is -5.46. The number of carbonyl (C=O) groups is 1. The molecule has 0 radical (unpaired) electrons. The van der Waals surface area contributed by atoms with Crippen LogP contribution in [0.5, 0.6) is 0 Å². The fourth-order valence-corrected chi connectivity index (χ4v) is 6.28. The van der Waals surface area contributed by atoms with Crippen molar-refractivity contribution in [2.24, 2.45) is 16.1 Å². The maximum Gasteiger partial charge on any atom is 0.308 e. The molecule has 3 heterocycles. The van der Waals surface area contributed by atoms with E-state index in [0.717, 1.165) is 44.6 Å². The highest BCUT2D eigenvalue weighted by molar-refractivity contribution is 7.20. The van der Waals surface area contributed by atoms with E-state index in [9.17, 15) is 10.1 Å². The second-order valence-corrected chi connectivity index (χ2v) is 12.6. The zero-order valence-electron chi connectivity index (χ0n) is 28.6. The first-order valence-corrected chi connectivity index (χ1v) is 16.5. The first kappa shape index (κ1) is 34.9. The van der Waals surface area contributed by atoms with Gasteiger partial charge in [0.05, 0.1) is 29.4 Å². The lowest BCUT2D eigenvalue weighted by Crippen LogP contribution is -2.14. The predicted octanol–water partition coefficient (Wildman–Crippen LogP) is 7.07. The van der Waals surface area contributed by atoms with E-state index in [4.69, 9.17) is 19.4 Å². The van der Waals surface area contributed by atoms with Crippen LogP contribution in [0, 0.1) is 38.0 Å². The van der Waals surface area contributed by atoms with Gasteiger partial charge < -0.3 is 25.4 Å². The largest absolute Gasteiger partial charge is 0.469 e. The van der Waals surface area contributed by atoms with Gasteiger partial charge in [-0.15, -0.1) is 15.3 Å². The van der Waals surface area contributed by atoms with E-state index in [1.807, 2.05) is 39.0 Å². The molecule has 3 aromatic heterocycles. The van der Waals surface area contributed by atoms with Crippen molar-refractivity contribution >= 4 is 62.3 Å². The second-order valence-electron chi connectivity index (χ2n) is 11.6. The topological polar surface area (TPSA) is 177 Å². The number of carbonyl (C=O) groups excluding carboxylic acids is 1. The first-order valence-electron chi connectivity index (χ1n) is 15.7. The molecule has 0 aliphatic carbocycles. The zero-order valence-corrected chi connectivity index (χ0v) is 29.4. The summed E-state index contributed by atoms with van der Waals surface area (Å²) >= 11 is 1.41. The number of aryl methyl sites for hydroxylation is 3. The summed E-state index contributed by atoms with van der Waals surface area (Å²) in [5.41, 5.74) is 6.48. The number of hydrogen-bond acceptors (Lipinski definition) is 14. The molecule has 254 valence electrons. The number of rotatable bonds is 14. The van der Waals surface area contributed by atoms with Crippen LogP contribution >= 0.6 is 11.3 Å². The highest BCUT2D eigenvalue weighted by atomic mass is 32.1. The lowest BCUT2D eigenvalue weighted by molar-refractivity contribution is -0.144. The van der Waals surface area contributed by atoms with E-state index in [0.29, 0.717) is 48.0 Å². The third-order valence-corrected chi connectivity index (χ3v) is 8.70. The maximum absolute atomic E-state index is 11.9. The molecule has 2 aromatic carbocycles. The average molecular weight is 682 g/mol. The van der Waals surface area contributed by atoms with Crippen LogP contribution in [0.25, 0.3) is 15.3 Å². The minimum absolute atomic E-state index is 0.117. The van der Waals surface area contributed by atoms with Gasteiger partial charge in [0, 0.05) is 33.0 Å². The Bertz CT molecular complexity index is 2020. The Balaban J connectivity index is 1.51. The van der Waals surface area contributed by atoms with E-state index in [1.54, 1.807) is 20.4 Å². The summed E-state index contributed by atoms with van der Waals surface area (Å²) in [4.78, 5) is 26.0. The number of esters is 1. The molecule has 0 aliphatic heterocycles. The molecule has 0 saturated carbocycles. The average Bonchev–Trinajstić information content (AvgIpc) is 3.71. The summed E-state index contributed by atoms with van der Waals surface area (Å²) < 4.78 is 12.5. The Kier molecular flexibility index (Phi) is 11.1. The van der Waals surface area contributed by atoms with E-state index in [-0.39, 0.29) is 23.3 Å². The van der Waals surface area contributed by atoms with Crippen LogP contribution < -0.4 is 16.0 Å². The third kappa shape index (κ3) is 8.16. The summed E-state index contributed by atoms with van der Waals surface area (Å²) in [5.74, 6) is 0.854. The molecule has 49 heavy (non-hydrogen) atoms. The minimum atomic E-state index is -0.270. The Morgan fingerprint density at radius 1 is 1.08 bits per heavy atom. The van der Waals surface area contributed by atoms with E-state index in [1.165, 1.54) is 23.1 Å². The second kappa shape index (κ2) is 15.6. The van der Waals surface area contributed by atoms with Crippen molar-refractivity contribution < 1.29 is 14.3 Å². The monoisotopic (exact) mass is 681 g/mol. The van der Waals surface area contributed by atoms with E-state index in [2.05, 4.69) is 61.4 Å². The van der Waals surface area contributed by atoms with Gasteiger partial charge in [-0.2, -0.15) is 15.2 Å². The summed E-state index contributed by atoms with van der Waals surface area (Å²) in [7, 11) is 4.79. The van der Waals surface area contributed by atoms with Gasteiger partial charge in [-0.3, -0.25) is 4.79 Å². The van der Waals surface area contributed by atoms with Gasteiger partial charge in [-0.25, -0.2) is 9.67 Å². The van der Waals surface area contributed by atoms with Gasteiger partial charge in [-0.05, 0) is 62.4 Å². The number of thiazole rings is 1. The van der Waals surface area contributed by atoms with Crippen LogP contribution in [0.3, 0.4) is 0 Å². The number of aromatic nitrogens is 5. The number of nitrogens with one attached hydrogen (secondary N) is 3. The summed E-state index contributed by atoms with van der Waals surface area (Å²) in [6.45, 7) is 9.10. The molecule has 0 fully saturated rings. The predicted molar refractivity (Wildman–Crippen MR) is 191 cm³/mol. The number of benzene rings is 2. The zero-order chi connectivity index (χ0) is 35.1. The molecule has 0 saturated heterocycles. The number of anilines is 4. The minimum Gasteiger partial charge on any atom is -0.469 e. The van der Waals surface area contributed by atoms with Crippen molar-refractivity contribution in [1.82, 2.24) is 24.7 Å². The molecule has 0 spiro atoms. The Morgan fingerprint density at radius 2 is 1.84 bits per heavy atom. The van der Waals surface area contributed by atoms with Crippen LogP contribution in [-0.2, 0) is 20.7 Å². The normalized spacial score (nSPS) is 11.9. The Morgan fingerprint density at radius 3 is 2.53 bits per heavy atom. The lowest BCUT2D eigenvalue weighted by Gasteiger charge is -2.17. The molecule has 0 amide bonds. The summed E-state index contributed by atoms with van der Waals surface area (Å²) in [5, 5.41) is 34.0. The Labute approximate surface area is 288 Å². The highest BCUT2D eigenvalue weighted by Gasteiger charge is 2.19. The van der Waals surface area contributed by atoms with Crippen molar-refractivity contribution in [3.63, 3.8) is 0 Å². The van der Waals surface area contributed by atoms with E-state index >= 15 is 0 Å². The van der Waals surface area contributed by atoms with Gasteiger partial charge in [0.15, 0.2) is 17.3 Å². The molecule has 5 aromatic rings. The van der Waals surface area contributed by atoms with Gasteiger partial charge in [0.1, 0.15) is 11.6 Å². The maximum atomic E-state index is 11.9. The number of ether oxygens (including phenoxy) is 2. The van der Waals surface area contributed by atoms with Gasteiger partial charge in [0.25, 0.3) is 0 Å². The molecule has 0 aliphatic rings. The molecule has 15 heteroatoms. The van der Waals surface area contributed by atoms with Gasteiger partial charge in [0.2, 0.25) is 16.9 Å². The molecule has 14 nitrogen and oxygen atoms in total. The first-order chi connectivity index (χ1) is 23.6. The fourth-order valence-electron chi connectivity index (χ4n) is 5.32. The summed E-state index contributed by atoms with van der Waals surface area (Å²) in [6, 6.07) is 12.2. The molecular formula is C34H39N11O3S. The number of fused-ring (bicyclic) bond motifs is 1. The standard InChI is InChI=1S/C34H39N11O3S/c1-19-13-20(2)27(21(3)14-19)39-31-28(30(37-11-8-12-47-6)40-33(36-5)41-31)42-43-29-24(17-35)18-45(44-29)34-38-25-10-9-23(16-26(25)49-34)15-22(4)32(46)48-7/h9-10,13-14,16,18,22H,8,11-12,15H2,1-7H3,(H3,36,37,39,40,41). The quantitative estimate of drug-likeness (QED) is 0.0620. The highest BCUT2D eigenvalue weighted by Crippen LogP contribution is 2.37. The lowest BCUT2D eigenvalue weighted by atomic mass is 10.0. The smallest absolute Gasteiger partial charge is 0.308 e. The van der Waals surface area contributed by atoms with Crippen LogP contribution in [-0.4, -0.2) is 65.1 Å². The fraction of sp³-hybridized carbons (Fsp3) is 0.353. The third-order valence-electron chi connectivity index (χ3n) is 7.69.